The summed E-state index contributed by atoms with van der Waals surface area (Å²) in [5, 5.41) is 0.595. The van der Waals surface area contributed by atoms with Gasteiger partial charge in [0.1, 0.15) is 0 Å². The van der Waals surface area contributed by atoms with Crippen molar-refractivity contribution in [3.63, 3.8) is 0 Å². The lowest BCUT2D eigenvalue weighted by atomic mass is 10.1. The van der Waals surface area contributed by atoms with Gasteiger partial charge in [-0.3, -0.25) is 9.69 Å². The third-order valence-electron chi connectivity index (χ3n) is 5.08. The molecule has 2 heterocycles. The molecule has 1 aliphatic heterocycles. The van der Waals surface area contributed by atoms with E-state index >= 15 is 0 Å². The normalized spacial score (nSPS) is 15.4. The van der Waals surface area contributed by atoms with Gasteiger partial charge in [-0.15, -0.1) is 11.8 Å². The smallest absolute Gasteiger partial charge is 0.247 e. The molecular weight excluding hydrogens is 396 g/mol. The van der Waals surface area contributed by atoms with Crippen LogP contribution in [0, 0.1) is 13.8 Å². The number of rotatable bonds is 3. The average molecular weight is 417 g/mol. The Hall–Kier alpha value is -2.63. The third kappa shape index (κ3) is 3.45. The Kier molecular flexibility index (Phi) is 4.64. The lowest BCUT2D eigenvalue weighted by Gasteiger charge is -2.23. The van der Waals surface area contributed by atoms with Crippen LogP contribution in [-0.2, 0) is 11.2 Å². The fourth-order valence-electron chi connectivity index (χ4n) is 3.83. The van der Waals surface area contributed by atoms with Crippen molar-refractivity contribution in [1.29, 1.82) is 0 Å². The van der Waals surface area contributed by atoms with E-state index in [0.717, 1.165) is 38.6 Å². The Morgan fingerprint density at radius 3 is 2.48 bits per heavy atom. The second-order valence-electron chi connectivity index (χ2n) is 7.40. The van der Waals surface area contributed by atoms with E-state index < -0.39 is 0 Å². The standard InChI is InChI=1S/C24H20N2OS2/c1-15-11-16(2)13-18(12-15)26(24-25-19-8-4-6-10-21(19)29-24)23(27)22-14-17-7-3-5-9-20(17)28-22/h3-13,22H,14H2,1-2H3. The van der Waals surface area contributed by atoms with Crippen LogP contribution in [0.1, 0.15) is 16.7 Å². The van der Waals surface area contributed by atoms with E-state index in [0.29, 0.717) is 0 Å². The molecule has 0 aliphatic carbocycles. The molecule has 5 heteroatoms. The largest absolute Gasteiger partial charge is 0.273 e. The molecule has 0 spiro atoms. The lowest BCUT2D eigenvalue weighted by molar-refractivity contribution is -0.117. The molecule has 3 aromatic carbocycles. The average Bonchev–Trinajstić information content (AvgIpc) is 3.31. The van der Waals surface area contributed by atoms with Gasteiger partial charge in [0.25, 0.3) is 0 Å². The molecular formula is C24H20N2OS2. The first-order valence-corrected chi connectivity index (χ1v) is 11.3. The van der Waals surface area contributed by atoms with Gasteiger partial charge < -0.3 is 0 Å². The number of thiazole rings is 1. The van der Waals surface area contributed by atoms with Crippen molar-refractivity contribution in [3.05, 3.63) is 83.4 Å². The molecule has 1 unspecified atom stereocenters. The number of carbonyl (C=O) groups is 1. The maximum absolute atomic E-state index is 13.8. The van der Waals surface area contributed by atoms with Crippen LogP contribution in [0.3, 0.4) is 0 Å². The quantitative estimate of drug-likeness (QED) is 0.393. The molecule has 29 heavy (non-hydrogen) atoms. The highest BCUT2D eigenvalue weighted by molar-refractivity contribution is 8.01. The summed E-state index contributed by atoms with van der Waals surface area (Å²) >= 11 is 3.23. The summed E-state index contributed by atoms with van der Waals surface area (Å²) in [6, 6.07) is 22.6. The van der Waals surface area contributed by atoms with E-state index in [1.54, 1.807) is 23.1 Å². The summed E-state index contributed by atoms with van der Waals surface area (Å²) in [5.41, 5.74) is 5.35. The summed E-state index contributed by atoms with van der Waals surface area (Å²) < 4.78 is 1.09. The SMILES string of the molecule is Cc1cc(C)cc(N(C(=O)C2Cc3ccccc3S2)c2nc3ccccc3s2)c1. The molecule has 5 rings (SSSR count). The Morgan fingerprint density at radius 2 is 1.72 bits per heavy atom. The van der Waals surface area contributed by atoms with Crippen LogP contribution in [0.15, 0.2) is 71.6 Å². The number of thioether (sulfide) groups is 1. The summed E-state index contributed by atoms with van der Waals surface area (Å²) in [4.78, 5) is 21.6. The monoisotopic (exact) mass is 416 g/mol. The molecule has 0 saturated carbocycles. The Bertz CT molecular complexity index is 1150. The van der Waals surface area contributed by atoms with Gasteiger partial charge in [0.2, 0.25) is 5.91 Å². The van der Waals surface area contributed by atoms with Crippen molar-refractivity contribution in [2.45, 2.75) is 30.4 Å². The van der Waals surface area contributed by atoms with Gasteiger partial charge in [0.15, 0.2) is 5.13 Å². The van der Waals surface area contributed by atoms with Gasteiger partial charge in [-0.2, -0.15) is 0 Å². The fourth-order valence-corrected chi connectivity index (χ4v) is 6.06. The molecule has 1 aliphatic rings. The first-order chi connectivity index (χ1) is 14.1. The number of aryl methyl sites for hydroxylation is 2. The van der Waals surface area contributed by atoms with Crippen LogP contribution >= 0.6 is 23.1 Å². The number of aromatic nitrogens is 1. The molecule has 1 atom stereocenters. The number of hydrogen-bond acceptors (Lipinski definition) is 4. The zero-order valence-electron chi connectivity index (χ0n) is 16.3. The third-order valence-corrected chi connectivity index (χ3v) is 7.41. The molecule has 0 N–H and O–H groups in total. The summed E-state index contributed by atoms with van der Waals surface area (Å²) in [5.74, 6) is 0.0928. The van der Waals surface area contributed by atoms with E-state index in [1.807, 2.05) is 35.2 Å². The Morgan fingerprint density at radius 1 is 1.00 bits per heavy atom. The second-order valence-corrected chi connectivity index (χ2v) is 9.66. The van der Waals surface area contributed by atoms with Crippen LogP contribution in [0.4, 0.5) is 10.8 Å². The molecule has 4 aromatic rings. The van der Waals surface area contributed by atoms with Gasteiger partial charge in [0, 0.05) is 4.90 Å². The highest BCUT2D eigenvalue weighted by Crippen LogP contribution is 2.41. The minimum Gasteiger partial charge on any atom is -0.273 e. The molecule has 0 saturated heterocycles. The van der Waals surface area contributed by atoms with E-state index in [1.165, 1.54) is 10.5 Å². The fraction of sp³-hybridized carbons (Fsp3) is 0.167. The van der Waals surface area contributed by atoms with Crippen molar-refractivity contribution in [2.24, 2.45) is 0 Å². The minimum absolute atomic E-state index is 0.0928. The number of amides is 1. The van der Waals surface area contributed by atoms with Crippen molar-refractivity contribution in [1.82, 2.24) is 4.98 Å². The highest BCUT2D eigenvalue weighted by atomic mass is 32.2. The van der Waals surface area contributed by atoms with E-state index in [4.69, 9.17) is 4.98 Å². The number of hydrogen-bond donors (Lipinski definition) is 0. The number of carbonyl (C=O) groups excluding carboxylic acids is 1. The highest BCUT2D eigenvalue weighted by Gasteiger charge is 2.34. The summed E-state index contributed by atoms with van der Waals surface area (Å²) in [6.07, 6.45) is 0.756. The number of nitrogens with zero attached hydrogens (tertiary/aromatic N) is 2. The maximum atomic E-state index is 13.8. The van der Waals surface area contributed by atoms with Crippen molar-refractivity contribution in [2.75, 3.05) is 4.90 Å². The Balaban J connectivity index is 1.59. The van der Waals surface area contributed by atoms with E-state index in [9.17, 15) is 4.79 Å². The van der Waals surface area contributed by atoms with Crippen LogP contribution in [0.5, 0.6) is 0 Å². The van der Waals surface area contributed by atoms with Crippen molar-refractivity contribution < 1.29 is 4.79 Å². The van der Waals surface area contributed by atoms with Crippen LogP contribution in [0.25, 0.3) is 10.2 Å². The lowest BCUT2D eigenvalue weighted by Crippen LogP contribution is -2.34. The van der Waals surface area contributed by atoms with E-state index in [2.05, 4.69) is 50.2 Å². The van der Waals surface area contributed by atoms with Gasteiger partial charge in [-0.1, -0.05) is 47.7 Å². The maximum Gasteiger partial charge on any atom is 0.247 e. The molecule has 0 bridgehead atoms. The summed E-state index contributed by atoms with van der Waals surface area (Å²) in [6.45, 7) is 4.13. The van der Waals surface area contributed by atoms with Crippen LogP contribution in [-0.4, -0.2) is 16.1 Å². The topological polar surface area (TPSA) is 33.2 Å². The first kappa shape index (κ1) is 18.4. The molecule has 0 radical (unpaired) electrons. The predicted octanol–water partition coefficient (Wildman–Crippen LogP) is 6.29. The van der Waals surface area contributed by atoms with Crippen molar-refractivity contribution in [3.8, 4) is 0 Å². The van der Waals surface area contributed by atoms with Gasteiger partial charge >= 0.3 is 0 Å². The number of anilines is 2. The van der Waals surface area contributed by atoms with Crippen LogP contribution in [0.2, 0.25) is 0 Å². The molecule has 1 aromatic heterocycles. The van der Waals surface area contributed by atoms with E-state index in [-0.39, 0.29) is 11.2 Å². The molecule has 1 amide bonds. The molecule has 3 nitrogen and oxygen atoms in total. The minimum atomic E-state index is -0.139. The number of fused-ring (bicyclic) bond motifs is 2. The molecule has 0 fully saturated rings. The van der Waals surface area contributed by atoms with Gasteiger partial charge in [-0.25, -0.2) is 4.98 Å². The second kappa shape index (κ2) is 7.32. The zero-order valence-corrected chi connectivity index (χ0v) is 17.9. The van der Waals surface area contributed by atoms with Gasteiger partial charge in [0.05, 0.1) is 21.2 Å². The summed E-state index contributed by atoms with van der Waals surface area (Å²) in [7, 11) is 0. The molecule has 144 valence electrons. The van der Waals surface area contributed by atoms with Crippen LogP contribution < -0.4 is 4.90 Å². The Labute approximate surface area is 178 Å². The zero-order chi connectivity index (χ0) is 20.0. The number of para-hydroxylation sites is 1. The predicted molar refractivity (Wildman–Crippen MR) is 122 cm³/mol. The first-order valence-electron chi connectivity index (χ1n) is 9.61. The van der Waals surface area contributed by atoms with Gasteiger partial charge in [-0.05, 0) is 67.3 Å². The van der Waals surface area contributed by atoms with Crippen molar-refractivity contribution >= 4 is 50.0 Å². The number of benzene rings is 3.